The monoisotopic (exact) mass is 281 g/mol. The average Bonchev–Trinajstić information content (AvgIpc) is 3.11. The number of nitriles is 1. The van der Waals surface area contributed by atoms with Crippen LogP contribution in [-0.2, 0) is 6.42 Å². The summed E-state index contributed by atoms with van der Waals surface area (Å²) in [7, 11) is 0. The molecule has 2 heterocycles. The minimum Gasteiger partial charge on any atom is -0.342 e. The van der Waals surface area contributed by atoms with Crippen molar-refractivity contribution in [1.29, 1.82) is 5.26 Å². The van der Waals surface area contributed by atoms with Gasteiger partial charge in [0.1, 0.15) is 5.82 Å². The summed E-state index contributed by atoms with van der Waals surface area (Å²) >= 11 is 0. The molecule has 0 radical (unpaired) electrons. The first-order chi connectivity index (χ1) is 10.3. The summed E-state index contributed by atoms with van der Waals surface area (Å²) in [5, 5.41) is 12.6. The third-order valence-electron chi connectivity index (χ3n) is 3.36. The molecule has 1 atom stereocenters. The Morgan fingerprint density at radius 2 is 2.19 bits per heavy atom. The fraction of sp³-hybridized carbons (Fsp3) is 0.333. The van der Waals surface area contributed by atoms with E-state index in [2.05, 4.69) is 26.2 Å². The van der Waals surface area contributed by atoms with Crippen LogP contribution in [0.5, 0.6) is 0 Å². The first kappa shape index (κ1) is 13.3. The quantitative estimate of drug-likeness (QED) is 0.776. The maximum Gasteiger partial charge on any atom is 0.229 e. The lowest BCUT2D eigenvalue weighted by molar-refractivity contribution is 0.351. The molecule has 1 unspecified atom stereocenters. The van der Waals surface area contributed by atoms with E-state index in [0.717, 1.165) is 23.3 Å². The summed E-state index contributed by atoms with van der Waals surface area (Å²) < 4.78 is 5.26. The third kappa shape index (κ3) is 2.92. The highest BCUT2D eigenvalue weighted by molar-refractivity contribution is 5.74. The normalized spacial score (nSPS) is 12.4. The molecular formula is C15H15N5O. The number of imidazole rings is 1. The molecule has 1 N–H and O–H groups in total. The van der Waals surface area contributed by atoms with Crippen molar-refractivity contribution in [2.24, 2.45) is 0 Å². The Morgan fingerprint density at radius 1 is 1.33 bits per heavy atom. The zero-order chi connectivity index (χ0) is 14.7. The Balaban J connectivity index is 1.73. The molecule has 1 aromatic carbocycles. The smallest absolute Gasteiger partial charge is 0.229 e. The van der Waals surface area contributed by atoms with Crippen molar-refractivity contribution >= 4 is 11.0 Å². The predicted molar refractivity (Wildman–Crippen MR) is 76.5 cm³/mol. The first-order valence-corrected chi connectivity index (χ1v) is 6.89. The van der Waals surface area contributed by atoms with Gasteiger partial charge in [-0.05, 0) is 18.6 Å². The zero-order valence-corrected chi connectivity index (χ0v) is 11.7. The summed E-state index contributed by atoms with van der Waals surface area (Å²) in [6.07, 6.45) is 1.72. The van der Waals surface area contributed by atoms with Gasteiger partial charge in [0.15, 0.2) is 5.82 Å². The van der Waals surface area contributed by atoms with Crippen molar-refractivity contribution in [3.05, 3.63) is 41.8 Å². The molecule has 0 aliphatic heterocycles. The van der Waals surface area contributed by atoms with Crippen LogP contribution in [0.15, 0.2) is 28.8 Å². The van der Waals surface area contributed by atoms with E-state index in [1.807, 2.05) is 31.2 Å². The average molecular weight is 281 g/mol. The first-order valence-electron chi connectivity index (χ1n) is 6.89. The lowest BCUT2D eigenvalue weighted by atomic mass is 10.1. The van der Waals surface area contributed by atoms with Crippen molar-refractivity contribution in [2.45, 2.75) is 32.1 Å². The molecule has 21 heavy (non-hydrogen) atoms. The Bertz CT molecular complexity index is 750. The molecule has 0 saturated heterocycles. The Labute approximate surface area is 121 Å². The number of nitrogens with zero attached hydrogens (tertiary/aromatic N) is 4. The second kappa shape index (κ2) is 5.75. The molecule has 6 heteroatoms. The second-order valence-electron chi connectivity index (χ2n) is 5.02. The molecular weight excluding hydrogens is 266 g/mol. The lowest BCUT2D eigenvalue weighted by Gasteiger charge is -2.00. The Kier molecular flexibility index (Phi) is 3.65. The molecule has 0 spiro atoms. The van der Waals surface area contributed by atoms with Crippen molar-refractivity contribution in [2.75, 3.05) is 0 Å². The molecule has 0 aliphatic rings. The van der Waals surface area contributed by atoms with Crippen LogP contribution in [0.3, 0.4) is 0 Å². The van der Waals surface area contributed by atoms with Crippen LogP contribution in [0.1, 0.15) is 43.2 Å². The van der Waals surface area contributed by atoms with Gasteiger partial charge in [-0.3, -0.25) is 0 Å². The maximum atomic E-state index is 8.60. The largest absolute Gasteiger partial charge is 0.342 e. The summed E-state index contributed by atoms with van der Waals surface area (Å²) in [4.78, 5) is 12.1. The van der Waals surface area contributed by atoms with Crippen molar-refractivity contribution in [3.63, 3.8) is 0 Å². The highest BCUT2D eigenvalue weighted by Gasteiger charge is 2.15. The maximum absolute atomic E-state index is 8.60. The molecule has 3 aromatic rings. The summed E-state index contributed by atoms with van der Waals surface area (Å²) in [6.45, 7) is 1.98. The number of hydrogen-bond donors (Lipinski definition) is 1. The van der Waals surface area contributed by atoms with Gasteiger partial charge in [0.05, 0.1) is 23.5 Å². The highest BCUT2D eigenvalue weighted by atomic mass is 16.5. The minimum absolute atomic E-state index is 0.0987. The van der Waals surface area contributed by atoms with E-state index in [4.69, 9.17) is 9.78 Å². The molecule has 106 valence electrons. The SMILES string of the molecule is CC(CCC#N)c1nc(Cc2nc3ccccc3[nH]2)no1. The summed E-state index contributed by atoms with van der Waals surface area (Å²) in [5.41, 5.74) is 1.93. The van der Waals surface area contributed by atoms with Gasteiger partial charge < -0.3 is 9.51 Å². The van der Waals surface area contributed by atoms with Gasteiger partial charge in [-0.25, -0.2) is 4.98 Å². The number of nitrogens with one attached hydrogen (secondary N) is 1. The molecule has 0 bridgehead atoms. The van der Waals surface area contributed by atoms with Gasteiger partial charge in [-0.1, -0.05) is 24.2 Å². The lowest BCUT2D eigenvalue weighted by Crippen LogP contribution is -1.96. The van der Waals surface area contributed by atoms with Crippen LogP contribution in [0.25, 0.3) is 11.0 Å². The fourth-order valence-corrected chi connectivity index (χ4v) is 2.18. The van der Waals surface area contributed by atoms with E-state index in [9.17, 15) is 0 Å². The van der Waals surface area contributed by atoms with Crippen molar-refractivity contribution in [1.82, 2.24) is 20.1 Å². The molecule has 3 rings (SSSR count). The number of rotatable bonds is 5. The van der Waals surface area contributed by atoms with Gasteiger partial charge in [0.2, 0.25) is 5.89 Å². The number of H-pyrrole nitrogens is 1. The van der Waals surface area contributed by atoms with Gasteiger partial charge in [-0.15, -0.1) is 0 Å². The number of aromatic amines is 1. The third-order valence-corrected chi connectivity index (χ3v) is 3.36. The number of para-hydroxylation sites is 2. The minimum atomic E-state index is 0.0987. The molecule has 0 fully saturated rings. The molecule has 0 amide bonds. The van der Waals surface area contributed by atoms with Crippen LogP contribution < -0.4 is 0 Å². The summed E-state index contributed by atoms with van der Waals surface area (Å²) in [5.74, 6) is 2.10. The van der Waals surface area contributed by atoms with Crippen LogP contribution >= 0.6 is 0 Å². The number of fused-ring (bicyclic) bond motifs is 1. The molecule has 0 aliphatic carbocycles. The Morgan fingerprint density at radius 3 is 3.00 bits per heavy atom. The van der Waals surface area contributed by atoms with E-state index < -0.39 is 0 Å². The zero-order valence-electron chi connectivity index (χ0n) is 11.7. The molecule has 6 nitrogen and oxygen atoms in total. The van der Waals surface area contributed by atoms with E-state index in [1.54, 1.807) is 0 Å². The standard InChI is InChI=1S/C15H15N5O/c1-10(5-4-8-16)15-19-14(20-21-15)9-13-17-11-6-2-3-7-12(11)18-13/h2-3,6-7,10H,4-5,9H2,1H3,(H,17,18). The van der Waals surface area contributed by atoms with E-state index >= 15 is 0 Å². The van der Waals surface area contributed by atoms with E-state index in [0.29, 0.717) is 24.6 Å². The highest BCUT2D eigenvalue weighted by Crippen LogP contribution is 2.19. The van der Waals surface area contributed by atoms with Crippen molar-refractivity contribution in [3.8, 4) is 6.07 Å². The predicted octanol–water partition coefficient (Wildman–Crippen LogP) is 2.94. The number of aromatic nitrogens is 4. The van der Waals surface area contributed by atoms with Crippen molar-refractivity contribution < 1.29 is 4.52 Å². The number of benzene rings is 1. The van der Waals surface area contributed by atoms with Gasteiger partial charge in [0.25, 0.3) is 0 Å². The fourth-order valence-electron chi connectivity index (χ4n) is 2.18. The topological polar surface area (TPSA) is 91.4 Å². The Hall–Kier alpha value is -2.68. The van der Waals surface area contributed by atoms with E-state index in [1.165, 1.54) is 0 Å². The van der Waals surface area contributed by atoms with Crippen LogP contribution in [0, 0.1) is 11.3 Å². The van der Waals surface area contributed by atoms with Gasteiger partial charge in [-0.2, -0.15) is 10.2 Å². The summed E-state index contributed by atoms with van der Waals surface area (Å²) in [6, 6.07) is 9.99. The second-order valence-corrected chi connectivity index (χ2v) is 5.02. The van der Waals surface area contributed by atoms with E-state index in [-0.39, 0.29) is 5.92 Å². The molecule has 0 saturated carbocycles. The van der Waals surface area contributed by atoms with Crippen LogP contribution in [-0.4, -0.2) is 20.1 Å². The van der Waals surface area contributed by atoms with Gasteiger partial charge >= 0.3 is 0 Å². The van der Waals surface area contributed by atoms with Crippen LogP contribution in [0.2, 0.25) is 0 Å². The van der Waals surface area contributed by atoms with Gasteiger partial charge in [0, 0.05) is 12.3 Å². The number of hydrogen-bond acceptors (Lipinski definition) is 5. The van der Waals surface area contributed by atoms with Crippen LogP contribution in [0.4, 0.5) is 0 Å². The molecule has 2 aromatic heterocycles.